The Kier molecular flexibility index (Phi) is 7.14. The number of nitrogens with two attached hydrogens (primary N) is 1. The van der Waals surface area contributed by atoms with Crippen molar-refractivity contribution >= 4 is 33.6 Å². The van der Waals surface area contributed by atoms with Gasteiger partial charge in [0.1, 0.15) is 6.04 Å². The number of benzene rings is 3. The van der Waals surface area contributed by atoms with E-state index >= 15 is 0 Å². The molecule has 210 valence electrons. The van der Waals surface area contributed by atoms with E-state index in [1.54, 1.807) is 13.8 Å². The number of fused-ring (bicyclic) bond motifs is 2. The second kappa shape index (κ2) is 10.9. The number of piperidine rings is 1. The fraction of sp³-hybridized carbons (Fsp3) is 0.294. The van der Waals surface area contributed by atoms with Crippen LogP contribution in [0.4, 0.5) is 0 Å². The largest absolute Gasteiger partial charge is 0.361 e. The average molecular weight is 548 g/mol. The maximum absolute atomic E-state index is 13.9. The Morgan fingerprint density at radius 3 is 2.34 bits per heavy atom. The highest BCUT2D eigenvalue weighted by molar-refractivity contribution is 5.93. The molecule has 0 radical (unpaired) electrons. The molecule has 1 unspecified atom stereocenters. The van der Waals surface area contributed by atoms with Gasteiger partial charge in [-0.2, -0.15) is 0 Å². The Labute approximate surface area is 240 Å². The predicted molar refractivity (Wildman–Crippen MR) is 164 cm³/mol. The van der Waals surface area contributed by atoms with Crippen LogP contribution in [0.5, 0.6) is 0 Å². The van der Waals surface area contributed by atoms with E-state index in [9.17, 15) is 9.59 Å². The lowest BCUT2D eigenvalue weighted by Gasteiger charge is -2.35. The van der Waals surface area contributed by atoms with Crippen molar-refractivity contribution in [2.24, 2.45) is 5.73 Å². The SMILES string of the molecule is CC(C)(N)C(=O)NC(Cc1c[nH]c2ccccc12)C(=O)N1CCC(c2cn(-c3ccccc3)c3ccccc23)CC1. The van der Waals surface area contributed by atoms with Crippen LogP contribution in [0, 0.1) is 0 Å². The van der Waals surface area contributed by atoms with Gasteiger partial charge in [0.05, 0.1) is 11.1 Å². The number of hydrogen-bond acceptors (Lipinski definition) is 3. The van der Waals surface area contributed by atoms with Gasteiger partial charge in [-0.3, -0.25) is 9.59 Å². The van der Waals surface area contributed by atoms with Crippen LogP contribution < -0.4 is 11.1 Å². The summed E-state index contributed by atoms with van der Waals surface area (Å²) in [5.41, 5.74) is 10.7. The standard InChI is InChI=1S/C34H37N5O2/c1-34(2,35)33(41)37-30(20-24-21-36-29-14-8-6-12-26(24)29)32(40)38-18-16-23(17-19-38)28-22-39(25-10-4-3-5-11-25)31-15-9-7-13-27(28)31/h3-15,21-23,30,36H,16-20,35H2,1-2H3,(H,37,41). The molecule has 0 bridgehead atoms. The third-order valence-corrected chi connectivity index (χ3v) is 8.31. The zero-order chi connectivity index (χ0) is 28.6. The number of H-pyrrole nitrogens is 1. The zero-order valence-corrected chi connectivity index (χ0v) is 23.6. The lowest BCUT2D eigenvalue weighted by Crippen LogP contribution is -2.57. The van der Waals surface area contributed by atoms with E-state index in [4.69, 9.17) is 5.73 Å². The highest BCUT2D eigenvalue weighted by Gasteiger charge is 2.33. The lowest BCUT2D eigenvalue weighted by atomic mass is 9.88. The summed E-state index contributed by atoms with van der Waals surface area (Å²) in [6.45, 7) is 4.60. The minimum absolute atomic E-state index is 0.0574. The van der Waals surface area contributed by atoms with Crippen LogP contribution in [0.15, 0.2) is 91.3 Å². The average Bonchev–Trinajstić information content (AvgIpc) is 3.58. The predicted octanol–water partition coefficient (Wildman–Crippen LogP) is 5.28. The Balaban J connectivity index is 1.22. The van der Waals surface area contributed by atoms with Crippen molar-refractivity contribution < 1.29 is 9.59 Å². The third-order valence-electron chi connectivity index (χ3n) is 8.31. The van der Waals surface area contributed by atoms with E-state index in [1.165, 1.54) is 16.5 Å². The quantitative estimate of drug-likeness (QED) is 0.259. The second-order valence-corrected chi connectivity index (χ2v) is 11.7. The van der Waals surface area contributed by atoms with E-state index in [-0.39, 0.29) is 11.8 Å². The number of aromatic amines is 1. The van der Waals surface area contributed by atoms with Crippen molar-refractivity contribution in [3.63, 3.8) is 0 Å². The molecule has 4 N–H and O–H groups in total. The van der Waals surface area contributed by atoms with Gasteiger partial charge in [-0.15, -0.1) is 0 Å². The van der Waals surface area contributed by atoms with Gasteiger partial charge in [0.15, 0.2) is 0 Å². The molecule has 3 heterocycles. The molecule has 1 aliphatic heterocycles. The van der Waals surface area contributed by atoms with Gasteiger partial charge in [0.2, 0.25) is 11.8 Å². The molecule has 0 spiro atoms. The summed E-state index contributed by atoms with van der Waals surface area (Å²) in [4.78, 5) is 32.0. The number of aromatic nitrogens is 2. The number of nitrogens with one attached hydrogen (secondary N) is 2. The molecule has 7 nitrogen and oxygen atoms in total. The van der Waals surface area contributed by atoms with Crippen molar-refractivity contribution in [3.05, 3.63) is 102 Å². The summed E-state index contributed by atoms with van der Waals surface area (Å²) < 4.78 is 2.27. The van der Waals surface area contributed by atoms with Crippen molar-refractivity contribution in [3.8, 4) is 5.69 Å². The van der Waals surface area contributed by atoms with E-state index in [0.29, 0.717) is 25.4 Å². The van der Waals surface area contributed by atoms with Crippen LogP contribution in [0.2, 0.25) is 0 Å². The molecule has 41 heavy (non-hydrogen) atoms. The van der Waals surface area contributed by atoms with E-state index in [1.807, 2.05) is 41.4 Å². The molecule has 1 fully saturated rings. The van der Waals surface area contributed by atoms with Crippen LogP contribution in [0.1, 0.15) is 43.7 Å². The van der Waals surface area contributed by atoms with Crippen LogP contribution in [0.25, 0.3) is 27.5 Å². The molecule has 1 atom stereocenters. The summed E-state index contributed by atoms with van der Waals surface area (Å²) in [5, 5.41) is 5.29. The molecule has 0 saturated carbocycles. The van der Waals surface area contributed by atoms with Crippen LogP contribution in [-0.2, 0) is 16.0 Å². The number of carbonyl (C=O) groups excluding carboxylic acids is 2. The highest BCUT2D eigenvalue weighted by atomic mass is 16.2. The fourth-order valence-corrected chi connectivity index (χ4v) is 6.03. The number of nitrogens with zero attached hydrogens (tertiary/aromatic N) is 2. The lowest BCUT2D eigenvalue weighted by molar-refractivity contribution is -0.138. The Morgan fingerprint density at radius 2 is 1.61 bits per heavy atom. The first-order valence-corrected chi connectivity index (χ1v) is 14.4. The number of amides is 2. The number of rotatable bonds is 7. The van der Waals surface area contributed by atoms with Gasteiger partial charge in [-0.05, 0) is 68.0 Å². The van der Waals surface area contributed by atoms with Crippen molar-refractivity contribution in [1.82, 2.24) is 19.8 Å². The van der Waals surface area contributed by atoms with E-state index in [2.05, 4.69) is 69.6 Å². The number of hydrogen-bond donors (Lipinski definition) is 3. The first-order valence-electron chi connectivity index (χ1n) is 14.4. The molecular weight excluding hydrogens is 510 g/mol. The topological polar surface area (TPSA) is 96.1 Å². The molecular formula is C34H37N5O2. The van der Waals surface area contributed by atoms with Gasteiger partial charge < -0.3 is 25.5 Å². The number of carbonyl (C=O) groups is 2. The third kappa shape index (κ3) is 5.37. The molecule has 2 aromatic heterocycles. The van der Waals surface area contributed by atoms with E-state index in [0.717, 1.165) is 35.0 Å². The first-order chi connectivity index (χ1) is 19.8. The van der Waals surface area contributed by atoms with Crippen LogP contribution in [-0.4, -0.2) is 50.9 Å². The molecule has 6 rings (SSSR count). The number of likely N-dealkylation sites (tertiary alicyclic amines) is 1. The van der Waals surface area contributed by atoms with Gasteiger partial charge in [-0.1, -0.05) is 54.6 Å². The minimum atomic E-state index is -1.08. The Bertz CT molecular complexity index is 1690. The van der Waals surface area contributed by atoms with Gasteiger partial charge in [-0.25, -0.2) is 0 Å². The Morgan fingerprint density at radius 1 is 0.951 bits per heavy atom. The molecule has 2 amide bonds. The maximum Gasteiger partial charge on any atom is 0.245 e. The molecule has 5 aromatic rings. The molecule has 3 aromatic carbocycles. The van der Waals surface area contributed by atoms with Crippen molar-refractivity contribution in [2.75, 3.05) is 13.1 Å². The van der Waals surface area contributed by atoms with Crippen LogP contribution in [0.3, 0.4) is 0 Å². The molecule has 1 saturated heterocycles. The normalized spacial score (nSPS) is 15.3. The zero-order valence-electron chi connectivity index (χ0n) is 23.6. The molecule has 7 heteroatoms. The minimum Gasteiger partial charge on any atom is -0.361 e. The number of para-hydroxylation sites is 3. The highest BCUT2D eigenvalue weighted by Crippen LogP contribution is 2.36. The monoisotopic (exact) mass is 547 g/mol. The van der Waals surface area contributed by atoms with Crippen molar-refractivity contribution in [1.29, 1.82) is 0 Å². The summed E-state index contributed by atoms with van der Waals surface area (Å²) in [7, 11) is 0. The summed E-state index contributed by atoms with van der Waals surface area (Å²) in [6.07, 6.45) is 6.33. The van der Waals surface area contributed by atoms with E-state index < -0.39 is 11.6 Å². The molecule has 0 aliphatic carbocycles. The summed E-state index contributed by atoms with van der Waals surface area (Å²) in [5.74, 6) is -0.0455. The van der Waals surface area contributed by atoms with Gasteiger partial charge in [0.25, 0.3) is 0 Å². The Hall–Kier alpha value is -4.36. The molecule has 1 aliphatic rings. The maximum atomic E-state index is 13.9. The summed E-state index contributed by atoms with van der Waals surface area (Å²) in [6, 6.07) is 26.3. The second-order valence-electron chi connectivity index (χ2n) is 11.7. The van der Waals surface area contributed by atoms with Gasteiger partial charge in [0, 0.05) is 53.9 Å². The van der Waals surface area contributed by atoms with Crippen LogP contribution >= 0.6 is 0 Å². The first kappa shape index (κ1) is 26.8. The van der Waals surface area contributed by atoms with Crippen molar-refractivity contribution in [2.45, 2.75) is 50.6 Å². The summed E-state index contributed by atoms with van der Waals surface area (Å²) >= 11 is 0. The smallest absolute Gasteiger partial charge is 0.245 e. The van der Waals surface area contributed by atoms with Gasteiger partial charge >= 0.3 is 0 Å². The fourth-order valence-electron chi connectivity index (χ4n) is 6.03.